The molecule has 1 aromatic heterocycles. The maximum Gasteiger partial charge on any atom is 0.338 e. The molecular formula is C13H11BrFNO3. The SMILES string of the molecule is O=C(O)c1coc(CNCc2cc(F)ccc2Br)c1. The van der Waals surface area contributed by atoms with Crippen molar-refractivity contribution in [2.45, 2.75) is 13.1 Å². The van der Waals surface area contributed by atoms with Gasteiger partial charge >= 0.3 is 5.97 Å². The first-order chi connectivity index (χ1) is 9.06. The van der Waals surface area contributed by atoms with E-state index >= 15 is 0 Å². The van der Waals surface area contributed by atoms with Gasteiger partial charge in [0.05, 0.1) is 12.1 Å². The molecular weight excluding hydrogens is 317 g/mol. The third kappa shape index (κ3) is 3.65. The minimum atomic E-state index is -1.03. The van der Waals surface area contributed by atoms with Crippen LogP contribution in [0.2, 0.25) is 0 Å². The van der Waals surface area contributed by atoms with E-state index in [0.717, 1.165) is 10.0 Å². The number of nitrogens with one attached hydrogen (secondary N) is 1. The van der Waals surface area contributed by atoms with E-state index in [4.69, 9.17) is 9.52 Å². The molecule has 2 rings (SSSR count). The van der Waals surface area contributed by atoms with Gasteiger partial charge in [-0.05, 0) is 29.8 Å². The third-order valence-electron chi connectivity index (χ3n) is 2.52. The number of furan rings is 1. The average Bonchev–Trinajstić information content (AvgIpc) is 2.82. The van der Waals surface area contributed by atoms with E-state index in [2.05, 4.69) is 21.2 Å². The van der Waals surface area contributed by atoms with E-state index in [1.807, 2.05) is 0 Å². The second-order valence-corrected chi connectivity index (χ2v) is 4.80. The lowest BCUT2D eigenvalue weighted by Gasteiger charge is -2.05. The summed E-state index contributed by atoms with van der Waals surface area (Å²) in [6, 6.07) is 5.90. The average molecular weight is 328 g/mol. The summed E-state index contributed by atoms with van der Waals surface area (Å²) in [5.74, 6) is -0.807. The van der Waals surface area contributed by atoms with Crippen LogP contribution in [0.3, 0.4) is 0 Å². The summed E-state index contributed by atoms with van der Waals surface area (Å²) in [5.41, 5.74) is 0.897. The van der Waals surface area contributed by atoms with Crippen molar-refractivity contribution in [1.29, 1.82) is 0 Å². The van der Waals surface area contributed by atoms with Crippen molar-refractivity contribution in [2.24, 2.45) is 0 Å². The lowest BCUT2D eigenvalue weighted by atomic mass is 10.2. The van der Waals surface area contributed by atoms with Crippen molar-refractivity contribution < 1.29 is 18.7 Å². The van der Waals surface area contributed by atoms with Crippen LogP contribution in [0.15, 0.2) is 39.4 Å². The predicted molar refractivity (Wildman–Crippen MR) is 70.3 cm³/mol. The molecule has 0 saturated carbocycles. The Kier molecular flexibility index (Phi) is 4.34. The molecule has 0 atom stereocenters. The van der Waals surface area contributed by atoms with Crippen molar-refractivity contribution in [3.8, 4) is 0 Å². The van der Waals surface area contributed by atoms with E-state index in [-0.39, 0.29) is 11.4 Å². The number of benzene rings is 1. The summed E-state index contributed by atoms with van der Waals surface area (Å²) in [6.07, 6.45) is 1.19. The molecule has 0 bridgehead atoms. The van der Waals surface area contributed by atoms with Crippen molar-refractivity contribution >= 4 is 21.9 Å². The molecule has 1 heterocycles. The monoisotopic (exact) mass is 327 g/mol. The lowest BCUT2D eigenvalue weighted by molar-refractivity contribution is 0.0696. The molecule has 0 radical (unpaired) electrons. The van der Waals surface area contributed by atoms with Gasteiger partial charge in [0.1, 0.15) is 17.8 Å². The molecule has 0 unspecified atom stereocenters. The highest BCUT2D eigenvalue weighted by molar-refractivity contribution is 9.10. The quantitative estimate of drug-likeness (QED) is 0.885. The first-order valence-corrected chi connectivity index (χ1v) is 6.31. The van der Waals surface area contributed by atoms with E-state index in [1.54, 1.807) is 6.07 Å². The summed E-state index contributed by atoms with van der Waals surface area (Å²) < 4.78 is 19.0. The van der Waals surface area contributed by atoms with E-state index in [9.17, 15) is 9.18 Å². The van der Waals surface area contributed by atoms with Gasteiger partial charge in [-0.3, -0.25) is 0 Å². The van der Waals surface area contributed by atoms with Gasteiger partial charge in [-0.15, -0.1) is 0 Å². The number of rotatable bonds is 5. The molecule has 0 fully saturated rings. The fourth-order valence-electron chi connectivity index (χ4n) is 1.58. The largest absolute Gasteiger partial charge is 0.478 e. The Labute approximate surface area is 117 Å². The second-order valence-electron chi connectivity index (χ2n) is 3.95. The first-order valence-electron chi connectivity index (χ1n) is 5.51. The molecule has 6 heteroatoms. The van der Waals surface area contributed by atoms with Crippen LogP contribution in [0.5, 0.6) is 0 Å². The van der Waals surface area contributed by atoms with Crippen LogP contribution in [-0.2, 0) is 13.1 Å². The number of carbonyl (C=O) groups is 1. The van der Waals surface area contributed by atoms with Crippen LogP contribution in [-0.4, -0.2) is 11.1 Å². The molecule has 100 valence electrons. The zero-order valence-corrected chi connectivity index (χ0v) is 11.4. The molecule has 0 saturated heterocycles. The Hall–Kier alpha value is -1.66. The Morgan fingerprint density at radius 1 is 1.37 bits per heavy atom. The zero-order valence-electron chi connectivity index (χ0n) is 9.82. The fourth-order valence-corrected chi connectivity index (χ4v) is 1.97. The normalized spacial score (nSPS) is 10.6. The zero-order chi connectivity index (χ0) is 13.8. The van der Waals surface area contributed by atoms with Crippen LogP contribution < -0.4 is 5.32 Å². The maximum absolute atomic E-state index is 13.1. The van der Waals surface area contributed by atoms with Gasteiger partial charge in [0.25, 0.3) is 0 Å². The number of aromatic carboxylic acids is 1. The molecule has 4 nitrogen and oxygen atoms in total. The van der Waals surface area contributed by atoms with Crippen LogP contribution in [0, 0.1) is 5.82 Å². The third-order valence-corrected chi connectivity index (χ3v) is 3.30. The van der Waals surface area contributed by atoms with Gasteiger partial charge in [0, 0.05) is 11.0 Å². The number of hydrogen-bond acceptors (Lipinski definition) is 3. The van der Waals surface area contributed by atoms with Crippen molar-refractivity contribution in [3.05, 3.63) is 57.7 Å². The number of carboxylic acid groups (broad SMARTS) is 1. The predicted octanol–water partition coefficient (Wildman–Crippen LogP) is 3.17. The summed E-state index contributed by atoms with van der Waals surface area (Å²) in [4.78, 5) is 10.7. The molecule has 0 amide bonds. The molecule has 0 aliphatic rings. The van der Waals surface area contributed by atoms with E-state index in [1.165, 1.54) is 24.5 Å². The Bertz CT molecular complexity index is 597. The maximum atomic E-state index is 13.1. The van der Waals surface area contributed by atoms with Crippen LogP contribution in [0.4, 0.5) is 4.39 Å². The summed E-state index contributed by atoms with van der Waals surface area (Å²) in [5, 5.41) is 11.8. The van der Waals surface area contributed by atoms with Crippen LogP contribution in [0.1, 0.15) is 21.7 Å². The van der Waals surface area contributed by atoms with Crippen molar-refractivity contribution in [2.75, 3.05) is 0 Å². The standard InChI is InChI=1S/C13H11BrFNO3/c14-12-2-1-10(15)3-8(12)5-16-6-11-4-9(7-19-11)13(17)18/h1-4,7,16H,5-6H2,(H,17,18). The van der Waals surface area contributed by atoms with Gasteiger partial charge < -0.3 is 14.8 Å². The molecule has 2 N–H and O–H groups in total. The molecule has 0 aliphatic carbocycles. The van der Waals surface area contributed by atoms with Crippen LogP contribution >= 0.6 is 15.9 Å². The summed E-state index contributed by atoms with van der Waals surface area (Å²) >= 11 is 3.33. The number of hydrogen-bond donors (Lipinski definition) is 2. The van der Waals surface area contributed by atoms with Gasteiger partial charge in [-0.2, -0.15) is 0 Å². The van der Waals surface area contributed by atoms with Gasteiger partial charge in [0.2, 0.25) is 0 Å². The van der Waals surface area contributed by atoms with Crippen molar-refractivity contribution in [3.63, 3.8) is 0 Å². The Morgan fingerprint density at radius 2 is 2.16 bits per heavy atom. The van der Waals surface area contributed by atoms with Gasteiger partial charge in [0.15, 0.2) is 0 Å². The highest BCUT2D eigenvalue weighted by atomic mass is 79.9. The minimum Gasteiger partial charge on any atom is -0.478 e. The minimum absolute atomic E-state index is 0.115. The smallest absolute Gasteiger partial charge is 0.338 e. The molecule has 1 aromatic carbocycles. The van der Waals surface area contributed by atoms with E-state index in [0.29, 0.717) is 18.8 Å². The van der Waals surface area contributed by atoms with Crippen molar-refractivity contribution in [1.82, 2.24) is 5.32 Å². The molecule has 0 aliphatic heterocycles. The second kappa shape index (κ2) is 5.99. The molecule has 2 aromatic rings. The highest BCUT2D eigenvalue weighted by Crippen LogP contribution is 2.17. The number of carboxylic acids is 1. The first kappa shape index (κ1) is 13.8. The molecule has 19 heavy (non-hydrogen) atoms. The van der Waals surface area contributed by atoms with Gasteiger partial charge in [-0.1, -0.05) is 15.9 Å². The van der Waals surface area contributed by atoms with E-state index < -0.39 is 5.97 Å². The Morgan fingerprint density at radius 3 is 2.84 bits per heavy atom. The fraction of sp³-hybridized carbons (Fsp3) is 0.154. The van der Waals surface area contributed by atoms with Crippen LogP contribution in [0.25, 0.3) is 0 Å². The topological polar surface area (TPSA) is 62.5 Å². The summed E-state index contributed by atoms with van der Waals surface area (Å²) in [6.45, 7) is 0.817. The number of halogens is 2. The molecule has 0 spiro atoms. The highest BCUT2D eigenvalue weighted by Gasteiger charge is 2.08. The summed E-state index contributed by atoms with van der Waals surface area (Å²) in [7, 11) is 0. The Balaban J connectivity index is 1.92. The lowest BCUT2D eigenvalue weighted by Crippen LogP contribution is -2.12. The van der Waals surface area contributed by atoms with Gasteiger partial charge in [-0.25, -0.2) is 9.18 Å².